The summed E-state index contributed by atoms with van der Waals surface area (Å²) in [7, 11) is -3.67. The van der Waals surface area contributed by atoms with Crippen LogP contribution in [0.5, 0.6) is 0 Å². The summed E-state index contributed by atoms with van der Waals surface area (Å²) in [5, 5.41) is 2.77. The quantitative estimate of drug-likeness (QED) is 0.702. The van der Waals surface area contributed by atoms with Gasteiger partial charge in [-0.15, -0.1) is 11.8 Å². The summed E-state index contributed by atoms with van der Waals surface area (Å²) < 4.78 is 27.6. The molecule has 3 rings (SSSR count). The second kappa shape index (κ2) is 9.70. The zero-order valence-electron chi connectivity index (χ0n) is 15.3. The molecule has 2 N–H and O–H groups in total. The maximum atomic E-state index is 12.5. The van der Waals surface area contributed by atoms with E-state index in [1.807, 2.05) is 12.1 Å². The lowest BCUT2D eigenvalue weighted by Gasteiger charge is -2.10. The molecule has 1 aliphatic heterocycles. The molecule has 0 spiro atoms. The topological polar surface area (TPSA) is 101 Å². The lowest BCUT2D eigenvalue weighted by molar-refractivity contribution is -0.113. The van der Waals surface area contributed by atoms with Crippen LogP contribution in [0.25, 0.3) is 0 Å². The highest BCUT2D eigenvalue weighted by Gasteiger charge is 2.17. The first kappa shape index (κ1) is 20.3. The van der Waals surface area contributed by atoms with E-state index in [1.165, 1.54) is 23.9 Å². The van der Waals surface area contributed by atoms with Crippen molar-refractivity contribution in [3.05, 3.63) is 48.8 Å². The molecular formula is C19H22N4O3S2. The molecule has 0 radical (unpaired) electrons. The maximum Gasteiger partial charge on any atom is 0.262 e. The zero-order valence-corrected chi connectivity index (χ0v) is 16.9. The Bertz CT molecular complexity index is 929. The molecule has 148 valence electrons. The van der Waals surface area contributed by atoms with E-state index in [0.717, 1.165) is 24.2 Å². The van der Waals surface area contributed by atoms with E-state index < -0.39 is 10.0 Å². The molecule has 0 atom stereocenters. The minimum absolute atomic E-state index is 0.142. The lowest BCUT2D eigenvalue weighted by Crippen LogP contribution is -2.30. The average molecular weight is 419 g/mol. The van der Waals surface area contributed by atoms with Crippen molar-refractivity contribution in [2.45, 2.75) is 35.5 Å². The van der Waals surface area contributed by atoms with Gasteiger partial charge < -0.3 is 5.32 Å². The number of hydrogen-bond donors (Lipinski definition) is 2. The molecule has 2 heterocycles. The summed E-state index contributed by atoms with van der Waals surface area (Å²) in [6.45, 7) is 0.653. The smallest absolute Gasteiger partial charge is 0.262 e. The largest absolute Gasteiger partial charge is 0.325 e. The highest BCUT2D eigenvalue weighted by Crippen LogP contribution is 2.18. The Balaban J connectivity index is 1.56. The number of benzene rings is 1. The van der Waals surface area contributed by atoms with Crippen LogP contribution in [0.3, 0.4) is 0 Å². The predicted molar refractivity (Wildman–Crippen MR) is 111 cm³/mol. The average Bonchev–Trinajstić information content (AvgIpc) is 2.96. The molecule has 0 unspecified atom stereocenters. The second-order valence-electron chi connectivity index (χ2n) is 6.29. The molecule has 7 nitrogen and oxygen atoms in total. The Kier molecular flexibility index (Phi) is 7.05. The third-order valence-electron chi connectivity index (χ3n) is 4.09. The molecule has 1 amide bonds. The fourth-order valence-electron chi connectivity index (χ4n) is 2.67. The number of nitrogens with one attached hydrogen (secondary N) is 2. The van der Waals surface area contributed by atoms with Gasteiger partial charge in [-0.3, -0.25) is 19.5 Å². The van der Waals surface area contributed by atoms with Crippen molar-refractivity contribution in [1.29, 1.82) is 0 Å². The number of anilines is 1. The van der Waals surface area contributed by atoms with E-state index in [0.29, 0.717) is 24.5 Å². The third kappa shape index (κ3) is 6.07. The fraction of sp³-hybridized carbons (Fsp3) is 0.316. The van der Waals surface area contributed by atoms with Crippen LogP contribution in [0, 0.1) is 0 Å². The maximum absolute atomic E-state index is 12.5. The van der Waals surface area contributed by atoms with Crippen molar-refractivity contribution < 1.29 is 13.2 Å². The predicted octanol–water partition coefficient (Wildman–Crippen LogP) is 3.06. The van der Waals surface area contributed by atoms with Crippen molar-refractivity contribution in [2.75, 3.05) is 17.6 Å². The standard InChI is InChI=1S/C19H22N4O3S2/c24-19(14-27-16-9-12-20-13-10-16)22-15-5-7-17(8-6-15)28(25,26)23-18-4-2-1-3-11-21-18/h5-10,12-13H,1-4,11,14H2,(H,21,23)(H,22,24). The summed E-state index contributed by atoms with van der Waals surface area (Å²) in [6.07, 6.45) is 6.97. The van der Waals surface area contributed by atoms with Crippen LogP contribution in [-0.2, 0) is 14.8 Å². The first-order chi connectivity index (χ1) is 13.5. The third-order valence-corrected chi connectivity index (χ3v) is 6.50. The van der Waals surface area contributed by atoms with Gasteiger partial charge in [-0.05, 0) is 49.2 Å². The molecule has 0 saturated heterocycles. The van der Waals surface area contributed by atoms with Crippen molar-refractivity contribution in [1.82, 2.24) is 9.71 Å². The molecule has 1 aromatic heterocycles. The molecular weight excluding hydrogens is 396 g/mol. The first-order valence-corrected chi connectivity index (χ1v) is 11.5. The summed E-state index contributed by atoms with van der Waals surface area (Å²) in [6, 6.07) is 9.79. The van der Waals surface area contributed by atoms with Crippen LogP contribution in [0.1, 0.15) is 25.7 Å². The van der Waals surface area contributed by atoms with Crippen LogP contribution >= 0.6 is 11.8 Å². The van der Waals surface area contributed by atoms with E-state index in [1.54, 1.807) is 24.5 Å². The molecule has 0 bridgehead atoms. The summed E-state index contributed by atoms with van der Waals surface area (Å²) in [5.41, 5.74) is 0.547. The van der Waals surface area contributed by atoms with Gasteiger partial charge >= 0.3 is 0 Å². The fourth-order valence-corrected chi connectivity index (χ4v) is 4.44. The van der Waals surface area contributed by atoms with Gasteiger partial charge in [-0.2, -0.15) is 0 Å². The van der Waals surface area contributed by atoms with Gasteiger partial charge in [0.1, 0.15) is 5.84 Å². The van der Waals surface area contributed by atoms with Gasteiger partial charge in [0.15, 0.2) is 0 Å². The van der Waals surface area contributed by atoms with Gasteiger partial charge in [0.25, 0.3) is 10.0 Å². The number of amidine groups is 1. The van der Waals surface area contributed by atoms with Crippen molar-refractivity contribution >= 4 is 39.2 Å². The Morgan fingerprint density at radius 2 is 1.79 bits per heavy atom. The SMILES string of the molecule is O=C(CSc1ccncc1)Nc1ccc(S(=O)(=O)NC2=NCCCCC2)cc1. The number of carbonyl (C=O) groups is 1. The number of thioether (sulfide) groups is 1. The number of rotatable bonds is 6. The van der Waals surface area contributed by atoms with Gasteiger partial charge in [0.05, 0.1) is 10.6 Å². The highest BCUT2D eigenvalue weighted by atomic mass is 32.2. The molecule has 0 saturated carbocycles. The van der Waals surface area contributed by atoms with E-state index in [9.17, 15) is 13.2 Å². The normalized spacial score (nSPS) is 14.6. The molecule has 1 aliphatic rings. The number of pyridine rings is 1. The number of hydrogen-bond acceptors (Lipinski definition) is 6. The van der Waals surface area contributed by atoms with Crippen LogP contribution in [-0.4, -0.2) is 37.4 Å². The summed E-state index contributed by atoms with van der Waals surface area (Å²) in [4.78, 5) is 21.4. The number of sulfonamides is 1. The van der Waals surface area contributed by atoms with Gasteiger partial charge in [0, 0.05) is 35.9 Å². The Labute approximate surface area is 169 Å². The lowest BCUT2D eigenvalue weighted by atomic mass is 10.2. The van der Waals surface area contributed by atoms with Crippen molar-refractivity contribution in [2.24, 2.45) is 4.99 Å². The van der Waals surface area contributed by atoms with E-state index >= 15 is 0 Å². The Hall–Kier alpha value is -2.39. The van der Waals surface area contributed by atoms with Crippen molar-refractivity contribution in [3.8, 4) is 0 Å². The monoisotopic (exact) mass is 418 g/mol. The molecule has 2 aromatic rings. The number of amides is 1. The minimum atomic E-state index is -3.67. The Morgan fingerprint density at radius 1 is 1.04 bits per heavy atom. The molecule has 28 heavy (non-hydrogen) atoms. The minimum Gasteiger partial charge on any atom is -0.325 e. The zero-order chi connectivity index (χ0) is 19.8. The van der Waals surface area contributed by atoms with Gasteiger partial charge in [0.2, 0.25) is 5.91 Å². The van der Waals surface area contributed by atoms with E-state index in [2.05, 4.69) is 20.0 Å². The highest BCUT2D eigenvalue weighted by molar-refractivity contribution is 8.00. The number of aliphatic imine (C=N–C) groups is 1. The van der Waals surface area contributed by atoms with E-state index in [4.69, 9.17) is 0 Å². The van der Waals surface area contributed by atoms with Gasteiger partial charge in [-0.25, -0.2) is 8.42 Å². The Morgan fingerprint density at radius 3 is 2.54 bits per heavy atom. The van der Waals surface area contributed by atoms with E-state index in [-0.39, 0.29) is 16.6 Å². The van der Waals surface area contributed by atoms with Crippen LogP contribution < -0.4 is 10.0 Å². The summed E-state index contributed by atoms with van der Waals surface area (Å²) in [5.74, 6) is 0.609. The molecule has 1 aromatic carbocycles. The number of aromatic nitrogens is 1. The van der Waals surface area contributed by atoms with Crippen LogP contribution in [0.4, 0.5) is 5.69 Å². The number of carbonyl (C=O) groups excluding carboxylic acids is 1. The molecule has 0 aliphatic carbocycles. The van der Waals surface area contributed by atoms with Crippen LogP contribution in [0.15, 0.2) is 63.6 Å². The van der Waals surface area contributed by atoms with Crippen LogP contribution in [0.2, 0.25) is 0 Å². The number of nitrogens with zero attached hydrogens (tertiary/aromatic N) is 2. The van der Waals surface area contributed by atoms with Crippen molar-refractivity contribution in [3.63, 3.8) is 0 Å². The molecule has 9 heteroatoms. The summed E-state index contributed by atoms with van der Waals surface area (Å²) >= 11 is 1.41. The second-order valence-corrected chi connectivity index (χ2v) is 9.02. The van der Waals surface area contributed by atoms with Gasteiger partial charge in [-0.1, -0.05) is 6.42 Å². The first-order valence-electron chi connectivity index (χ1n) is 9.02. The molecule has 0 fully saturated rings.